The van der Waals surface area contributed by atoms with Crippen molar-refractivity contribution in [1.29, 1.82) is 0 Å². The van der Waals surface area contributed by atoms with E-state index in [4.69, 9.17) is 9.84 Å². The summed E-state index contributed by atoms with van der Waals surface area (Å²) in [4.78, 5) is 25.3. The molecule has 0 bridgehead atoms. The molecule has 0 spiro atoms. The lowest BCUT2D eigenvalue weighted by Gasteiger charge is -2.17. The second-order valence-corrected chi connectivity index (χ2v) is 8.93. The minimum absolute atomic E-state index is 0.0245. The summed E-state index contributed by atoms with van der Waals surface area (Å²) in [6.45, 7) is 7.36. The third kappa shape index (κ3) is 7.14. The fourth-order valence-electron chi connectivity index (χ4n) is 4.45. The van der Waals surface area contributed by atoms with Gasteiger partial charge in [-0.25, -0.2) is 0 Å². The summed E-state index contributed by atoms with van der Waals surface area (Å²) in [5.41, 5.74) is 5.29. The van der Waals surface area contributed by atoms with Crippen LogP contribution in [0.1, 0.15) is 48.8 Å². The highest BCUT2D eigenvalue weighted by Gasteiger charge is 2.19. The fourth-order valence-corrected chi connectivity index (χ4v) is 4.45. The van der Waals surface area contributed by atoms with Gasteiger partial charge in [-0.1, -0.05) is 30.3 Å². The number of ether oxygens (including phenoxy) is 1. The maximum atomic E-state index is 12.3. The number of rotatable bonds is 12. The number of likely N-dealkylation sites (tertiary alicyclic amines) is 1. The molecule has 6 nitrogen and oxygen atoms in total. The first-order valence-electron chi connectivity index (χ1n) is 11.8. The molecule has 1 atom stereocenters. The molecule has 0 amide bonds. The SMILES string of the molecule is Cc1c(CC(=O)CCCC(=O)O)cccc1-c1cccc(OCCCN2CC[C@@H](O)C2)c1C. The van der Waals surface area contributed by atoms with Gasteiger partial charge in [-0.3, -0.25) is 9.59 Å². The van der Waals surface area contributed by atoms with Crippen molar-refractivity contribution in [3.05, 3.63) is 53.1 Å². The molecule has 2 N–H and O–H groups in total. The van der Waals surface area contributed by atoms with Crippen molar-refractivity contribution in [2.75, 3.05) is 26.2 Å². The van der Waals surface area contributed by atoms with Gasteiger partial charge in [-0.05, 0) is 67.0 Å². The lowest BCUT2D eigenvalue weighted by atomic mass is 9.91. The van der Waals surface area contributed by atoms with Gasteiger partial charge in [-0.15, -0.1) is 0 Å². The van der Waals surface area contributed by atoms with Crippen molar-refractivity contribution in [2.24, 2.45) is 0 Å². The minimum Gasteiger partial charge on any atom is -0.493 e. The zero-order valence-corrected chi connectivity index (χ0v) is 19.7. The molecule has 3 rings (SSSR count). The number of aliphatic carboxylic acids is 1. The summed E-state index contributed by atoms with van der Waals surface area (Å²) < 4.78 is 6.09. The summed E-state index contributed by atoms with van der Waals surface area (Å²) >= 11 is 0. The number of β-amino-alcohol motifs (C(OH)–C–C–N with tert-alkyl or cyclic N) is 1. The Hall–Kier alpha value is -2.70. The van der Waals surface area contributed by atoms with E-state index >= 15 is 0 Å². The predicted molar refractivity (Wildman–Crippen MR) is 129 cm³/mol. The molecular formula is C27H35NO5. The Bertz CT molecular complexity index is 971. The van der Waals surface area contributed by atoms with Crippen molar-refractivity contribution in [1.82, 2.24) is 4.90 Å². The van der Waals surface area contributed by atoms with E-state index in [0.717, 1.165) is 66.0 Å². The molecule has 33 heavy (non-hydrogen) atoms. The third-order valence-corrected chi connectivity index (χ3v) is 6.38. The van der Waals surface area contributed by atoms with Crippen molar-refractivity contribution in [3.63, 3.8) is 0 Å². The number of nitrogens with zero attached hydrogens (tertiary/aromatic N) is 1. The standard InChI is InChI=1S/C27H35NO5/c1-19-21(17-22(29)8-4-12-27(31)32)7-3-9-24(19)25-10-5-11-26(20(25)2)33-16-6-14-28-15-13-23(30)18-28/h3,5,7,9-11,23,30H,4,6,8,12-18H2,1-2H3,(H,31,32)/t23-/m1/s1. The molecule has 1 aliphatic rings. The number of ketones is 1. The van der Waals surface area contributed by atoms with Crippen LogP contribution in [0.5, 0.6) is 5.75 Å². The number of carbonyl (C=O) groups is 2. The van der Waals surface area contributed by atoms with Crippen LogP contribution in [0.3, 0.4) is 0 Å². The van der Waals surface area contributed by atoms with Gasteiger partial charge >= 0.3 is 5.97 Å². The Morgan fingerprint density at radius 2 is 1.76 bits per heavy atom. The van der Waals surface area contributed by atoms with Gasteiger partial charge in [0.25, 0.3) is 0 Å². The Kier molecular flexibility index (Phi) is 9.03. The van der Waals surface area contributed by atoms with E-state index in [9.17, 15) is 14.7 Å². The summed E-state index contributed by atoms with van der Waals surface area (Å²) in [6.07, 6.45) is 2.59. The number of hydrogen-bond acceptors (Lipinski definition) is 5. The van der Waals surface area contributed by atoms with Gasteiger partial charge in [0, 0.05) is 38.9 Å². The second kappa shape index (κ2) is 12.0. The summed E-state index contributed by atoms with van der Waals surface area (Å²) in [5, 5.41) is 18.4. The molecule has 2 aromatic carbocycles. The highest BCUT2D eigenvalue weighted by Crippen LogP contribution is 2.33. The number of carboxylic acid groups (broad SMARTS) is 1. The van der Waals surface area contributed by atoms with E-state index in [-0.39, 0.29) is 24.7 Å². The fraction of sp³-hybridized carbons (Fsp3) is 0.481. The van der Waals surface area contributed by atoms with E-state index in [1.807, 2.05) is 31.2 Å². The van der Waals surface area contributed by atoms with Gasteiger partial charge in [-0.2, -0.15) is 0 Å². The van der Waals surface area contributed by atoms with Crippen molar-refractivity contribution in [3.8, 4) is 16.9 Å². The lowest BCUT2D eigenvalue weighted by molar-refractivity contribution is -0.137. The molecule has 1 heterocycles. The maximum absolute atomic E-state index is 12.3. The number of carbonyl (C=O) groups excluding carboxylic acids is 1. The Morgan fingerprint density at radius 3 is 2.45 bits per heavy atom. The quantitative estimate of drug-likeness (QED) is 0.469. The van der Waals surface area contributed by atoms with E-state index < -0.39 is 5.97 Å². The zero-order valence-electron chi connectivity index (χ0n) is 19.7. The van der Waals surface area contributed by atoms with Crippen LogP contribution in [0.25, 0.3) is 11.1 Å². The number of hydrogen-bond donors (Lipinski definition) is 2. The monoisotopic (exact) mass is 453 g/mol. The van der Waals surface area contributed by atoms with E-state index in [1.54, 1.807) is 0 Å². The van der Waals surface area contributed by atoms with Gasteiger partial charge in [0.05, 0.1) is 12.7 Å². The first-order valence-corrected chi connectivity index (χ1v) is 11.8. The number of aliphatic hydroxyl groups excluding tert-OH is 1. The topological polar surface area (TPSA) is 87.1 Å². The smallest absolute Gasteiger partial charge is 0.303 e. The zero-order chi connectivity index (χ0) is 23.8. The third-order valence-electron chi connectivity index (χ3n) is 6.38. The first kappa shape index (κ1) is 24.9. The van der Waals surface area contributed by atoms with Crippen LogP contribution in [0.15, 0.2) is 36.4 Å². The highest BCUT2D eigenvalue weighted by molar-refractivity contribution is 5.83. The maximum Gasteiger partial charge on any atom is 0.303 e. The molecule has 2 aromatic rings. The largest absolute Gasteiger partial charge is 0.493 e. The molecule has 1 aliphatic heterocycles. The van der Waals surface area contributed by atoms with Crippen molar-refractivity contribution >= 4 is 11.8 Å². The lowest BCUT2D eigenvalue weighted by Crippen LogP contribution is -2.24. The molecule has 0 radical (unpaired) electrons. The molecule has 6 heteroatoms. The van der Waals surface area contributed by atoms with Crippen LogP contribution in [-0.2, 0) is 16.0 Å². The normalized spacial score (nSPS) is 16.2. The summed E-state index contributed by atoms with van der Waals surface area (Å²) in [5.74, 6) is 0.0627. The van der Waals surface area contributed by atoms with Gasteiger partial charge < -0.3 is 19.8 Å². The van der Waals surface area contributed by atoms with Crippen LogP contribution in [-0.4, -0.2) is 59.2 Å². The van der Waals surface area contributed by atoms with E-state index in [0.29, 0.717) is 19.4 Å². The average molecular weight is 454 g/mol. The van der Waals surface area contributed by atoms with E-state index in [1.165, 1.54) is 0 Å². The van der Waals surface area contributed by atoms with Crippen LogP contribution < -0.4 is 4.74 Å². The Labute approximate surface area is 196 Å². The molecular weight excluding hydrogens is 418 g/mol. The molecule has 1 fully saturated rings. The Balaban J connectivity index is 1.63. The van der Waals surface area contributed by atoms with Gasteiger partial charge in [0.2, 0.25) is 0 Å². The molecule has 0 aliphatic carbocycles. The number of benzene rings is 2. The molecule has 1 saturated heterocycles. The average Bonchev–Trinajstić information content (AvgIpc) is 3.19. The number of carboxylic acids is 1. The van der Waals surface area contributed by atoms with Crippen LogP contribution >= 0.6 is 0 Å². The first-order chi connectivity index (χ1) is 15.8. The van der Waals surface area contributed by atoms with Crippen molar-refractivity contribution in [2.45, 2.75) is 58.5 Å². The second-order valence-electron chi connectivity index (χ2n) is 8.93. The van der Waals surface area contributed by atoms with E-state index in [2.05, 4.69) is 24.0 Å². The number of Topliss-reactive ketones (excluding diaryl/α,β-unsaturated/α-hetero) is 1. The molecule has 0 saturated carbocycles. The van der Waals surface area contributed by atoms with Crippen LogP contribution in [0.4, 0.5) is 0 Å². The molecule has 178 valence electrons. The summed E-state index contributed by atoms with van der Waals surface area (Å²) in [7, 11) is 0. The molecule has 0 unspecified atom stereocenters. The van der Waals surface area contributed by atoms with Crippen LogP contribution in [0.2, 0.25) is 0 Å². The van der Waals surface area contributed by atoms with Crippen molar-refractivity contribution < 1.29 is 24.5 Å². The van der Waals surface area contributed by atoms with Gasteiger partial charge in [0.15, 0.2) is 0 Å². The molecule has 0 aromatic heterocycles. The highest BCUT2D eigenvalue weighted by atomic mass is 16.5. The van der Waals surface area contributed by atoms with Crippen LogP contribution in [0, 0.1) is 13.8 Å². The predicted octanol–water partition coefficient (Wildman–Crippen LogP) is 4.17. The minimum atomic E-state index is -0.867. The van der Waals surface area contributed by atoms with Gasteiger partial charge in [0.1, 0.15) is 11.5 Å². The summed E-state index contributed by atoms with van der Waals surface area (Å²) in [6, 6.07) is 12.1. The number of aliphatic hydroxyl groups is 1. The Morgan fingerprint density at radius 1 is 1.03 bits per heavy atom.